The fourth-order valence-corrected chi connectivity index (χ4v) is 4.99. The van der Waals surface area contributed by atoms with Crippen LogP contribution in [-0.2, 0) is 0 Å². The molecule has 0 spiro atoms. The maximum Gasteiger partial charge on any atom is 0.143 e. The van der Waals surface area contributed by atoms with Crippen molar-refractivity contribution in [1.82, 2.24) is 20.1 Å². The molecular weight excluding hydrogens is 412 g/mol. The molecule has 33 heavy (non-hydrogen) atoms. The molecule has 4 heterocycles. The van der Waals surface area contributed by atoms with E-state index in [0.717, 1.165) is 69.9 Å². The smallest absolute Gasteiger partial charge is 0.143 e. The highest BCUT2D eigenvalue weighted by Gasteiger charge is 2.32. The molecule has 1 N–H and O–H groups in total. The van der Waals surface area contributed by atoms with Crippen molar-refractivity contribution in [3.63, 3.8) is 0 Å². The molecule has 0 saturated carbocycles. The first-order chi connectivity index (χ1) is 16.1. The number of hydrogen-bond donors (Lipinski definition) is 1. The third-order valence-electron chi connectivity index (χ3n) is 6.67. The Balaban J connectivity index is 1.44. The van der Waals surface area contributed by atoms with Crippen molar-refractivity contribution < 1.29 is 4.74 Å². The third kappa shape index (κ3) is 3.31. The van der Waals surface area contributed by atoms with Gasteiger partial charge in [-0.05, 0) is 49.9 Å². The van der Waals surface area contributed by atoms with Crippen LogP contribution in [0.15, 0.2) is 48.8 Å². The molecule has 1 fully saturated rings. The van der Waals surface area contributed by atoms with Crippen LogP contribution in [0.5, 0.6) is 5.75 Å². The maximum absolute atomic E-state index is 9.75. The highest BCUT2D eigenvalue weighted by molar-refractivity contribution is 5.97. The summed E-state index contributed by atoms with van der Waals surface area (Å²) >= 11 is 0. The molecule has 0 radical (unpaired) electrons. The Morgan fingerprint density at radius 3 is 2.88 bits per heavy atom. The summed E-state index contributed by atoms with van der Waals surface area (Å²) in [6.45, 7) is 5.77. The zero-order chi connectivity index (χ0) is 22.5. The number of fused-ring (bicyclic) bond motifs is 4. The van der Waals surface area contributed by atoms with E-state index in [4.69, 9.17) is 4.74 Å². The quantitative estimate of drug-likeness (QED) is 0.512. The van der Waals surface area contributed by atoms with Gasteiger partial charge < -0.3 is 14.5 Å². The SMILES string of the molecule is Cc1cncc(-c2cc3c(-c4ccc5c(c4)OCC4CN(C)CCN54)n[nH]c3cc2C#N)c1. The van der Waals surface area contributed by atoms with Gasteiger partial charge in [0.2, 0.25) is 0 Å². The van der Waals surface area contributed by atoms with E-state index >= 15 is 0 Å². The average molecular weight is 437 g/mol. The summed E-state index contributed by atoms with van der Waals surface area (Å²) in [6, 6.07) is 15.0. The molecule has 2 aromatic heterocycles. The number of piperazine rings is 1. The number of nitrogens with one attached hydrogen (secondary N) is 1. The van der Waals surface area contributed by atoms with Gasteiger partial charge in [0.25, 0.3) is 0 Å². The van der Waals surface area contributed by atoms with Gasteiger partial charge in [-0.3, -0.25) is 10.1 Å². The second-order valence-electron chi connectivity index (χ2n) is 8.98. The minimum Gasteiger partial charge on any atom is -0.489 e. The number of aromatic nitrogens is 3. The molecule has 0 bridgehead atoms. The number of H-pyrrole nitrogens is 1. The fraction of sp³-hybridized carbons (Fsp3) is 0.269. The molecule has 1 saturated heterocycles. The molecule has 6 rings (SSSR count). The lowest BCUT2D eigenvalue weighted by atomic mass is 9.96. The summed E-state index contributed by atoms with van der Waals surface area (Å²) in [4.78, 5) is 9.14. The van der Waals surface area contributed by atoms with Crippen molar-refractivity contribution in [2.24, 2.45) is 0 Å². The van der Waals surface area contributed by atoms with E-state index in [1.807, 2.05) is 31.3 Å². The first-order valence-corrected chi connectivity index (χ1v) is 11.2. The number of ether oxygens (including phenoxy) is 1. The monoisotopic (exact) mass is 436 g/mol. The molecule has 0 aliphatic carbocycles. The first-order valence-electron chi connectivity index (χ1n) is 11.2. The molecule has 164 valence electrons. The number of benzene rings is 2. The van der Waals surface area contributed by atoms with E-state index < -0.39 is 0 Å². The van der Waals surface area contributed by atoms with Crippen molar-refractivity contribution >= 4 is 16.6 Å². The van der Waals surface area contributed by atoms with Crippen LogP contribution >= 0.6 is 0 Å². The first kappa shape index (κ1) is 19.8. The fourth-order valence-electron chi connectivity index (χ4n) is 4.99. The summed E-state index contributed by atoms with van der Waals surface area (Å²) in [5.41, 5.74) is 7.27. The van der Waals surface area contributed by atoms with Crippen LogP contribution in [0.4, 0.5) is 5.69 Å². The number of rotatable bonds is 2. The predicted molar refractivity (Wildman–Crippen MR) is 128 cm³/mol. The summed E-state index contributed by atoms with van der Waals surface area (Å²) in [5, 5.41) is 18.4. The van der Waals surface area contributed by atoms with Crippen molar-refractivity contribution in [3.05, 3.63) is 59.9 Å². The molecule has 7 heteroatoms. The number of likely N-dealkylation sites (N-methyl/N-ethyl adjacent to an activating group) is 1. The van der Waals surface area contributed by atoms with Crippen LogP contribution < -0.4 is 9.64 Å². The normalized spacial score (nSPS) is 17.8. The van der Waals surface area contributed by atoms with Gasteiger partial charge in [-0.2, -0.15) is 10.4 Å². The predicted octanol–water partition coefficient (Wildman–Crippen LogP) is 3.98. The lowest BCUT2D eigenvalue weighted by Gasteiger charge is -2.44. The molecule has 2 aromatic carbocycles. The minimum atomic E-state index is 0.392. The maximum atomic E-state index is 9.75. The molecule has 7 nitrogen and oxygen atoms in total. The number of nitrogens with zero attached hydrogens (tertiary/aromatic N) is 5. The Labute approximate surface area is 192 Å². The lowest BCUT2D eigenvalue weighted by Crippen LogP contribution is -2.56. The van der Waals surface area contributed by atoms with Gasteiger partial charge in [0.15, 0.2) is 0 Å². The molecule has 2 aliphatic heterocycles. The average Bonchev–Trinajstić information content (AvgIpc) is 3.25. The van der Waals surface area contributed by atoms with E-state index in [2.05, 4.69) is 56.3 Å². The van der Waals surface area contributed by atoms with Gasteiger partial charge in [0.05, 0.1) is 28.9 Å². The summed E-state index contributed by atoms with van der Waals surface area (Å²) < 4.78 is 6.18. The number of anilines is 1. The third-order valence-corrected chi connectivity index (χ3v) is 6.67. The topological polar surface area (TPSA) is 81.1 Å². The van der Waals surface area contributed by atoms with Crippen molar-refractivity contribution in [3.8, 4) is 34.2 Å². The van der Waals surface area contributed by atoms with E-state index in [9.17, 15) is 5.26 Å². The van der Waals surface area contributed by atoms with Crippen LogP contribution in [0.3, 0.4) is 0 Å². The van der Waals surface area contributed by atoms with Crippen LogP contribution in [0.25, 0.3) is 33.3 Å². The van der Waals surface area contributed by atoms with Crippen molar-refractivity contribution in [2.75, 3.05) is 38.2 Å². The Hall–Kier alpha value is -3.89. The Bertz CT molecular complexity index is 1420. The van der Waals surface area contributed by atoms with Crippen LogP contribution in [0.2, 0.25) is 0 Å². The Morgan fingerprint density at radius 2 is 2.03 bits per heavy atom. The van der Waals surface area contributed by atoms with Crippen molar-refractivity contribution in [1.29, 1.82) is 5.26 Å². The number of nitriles is 1. The van der Waals surface area contributed by atoms with E-state index in [0.29, 0.717) is 18.2 Å². The van der Waals surface area contributed by atoms with Crippen LogP contribution in [0.1, 0.15) is 11.1 Å². The molecular formula is C26H24N6O. The number of hydrogen-bond acceptors (Lipinski definition) is 6. The van der Waals surface area contributed by atoms with E-state index in [1.165, 1.54) is 0 Å². The summed E-state index contributed by atoms with van der Waals surface area (Å²) in [6.07, 6.45) is 3.61. The van der Waals surface area contributed by atoms with E-state index in [-0.39, 0.29) is 0 Å². The number of aryl methyl sites for hydroxylation is 1. The standard InChI is InChI=1S/C26H24N6O/c1-16-7-19(13-28-12-16)21-10-22-23(8-18(21)11-27)29-30-26(22)17-3-4-24-25(9-17)33-15-20-14-31(2)5-6-32(20)24/h3-4,7-10,12-13,20H,5-6,14-15H2,1-2H3,(H,29,30). The van der Waals surface area contributed by atoms with Crippen molar-refractivity contribution in [2.45, 2.75) is 13.0 Å². The zero-order valence-corrected chi connectivity index (χ0v) is 18.7. The van der Waals surface area contributed by atoms with Gasteiger partial charge in [0.1, 0.15) is 18.1 Å². The van der Waals surface area contributed by atoms with Crippen LogP contribution in [-0.4, -0.2) is 59.4 Å². The highest BCUT2D eigenvalue weighted by atomic mass is 16.5. The Kier molecular flexibility index (Phi) is 4.56. The van der Waals surface area contributed by atoms with Gasteiger partial charge in [-0.1, -0.05) is 6.07 Å². The van der Waals surface area contributed by atoms with E-state index in [1.54, 1.807) is 6.20 Å². The molecule has 1 unspecified atom stereocenters. The largest absolute Gasteiger partial charge is 0.489 e. The van der Waals surface area contributed by atoms with Gasteiger partial charge >= 0.3 is 0 Å². The second-order valence-corrected chi connectivity index (χ2v) is 8.98. The number of pyridine rings is 1. The Morgan fingerprint density at radius 1 is 1.12 bits per heavy atom. The zero-order valence-electron chi connectivity index (χ0n) is 18.7. The molecule has 2 aliphatic rings. The minimum absolute atomic E-state index is 0.392. The molecule has 1 atom stereocenters. The lowest BCUT2D eigenvalue weighted by molar-refractivity contribution is 0.188. The number of aromatic amines is 1. The molecule has 0 amide bonds. The van der Waals surface area contributed by atoms with Gasteiger partial charge in [-0.15, -0.1) is 0 Å². The van der Waals surface area contributed by atoms with Crippen LogP contribution in [0, 0.1) is 18.3 Å². The van der Waals surface area contributed by atoms with Gasteiger partial charge in [-0.25, -0.2) is 0 Å². The molecule has 4 aromatic rings. The highest BCUT2D eigenvalue weighted by Crippen LogP contribution is 2.40. The van der Waals surface area contributed by atoms with Gasteiger partial charge in [0, 0.05) is 54.1 Å². The summed E-state index contributed by atoms with van der Waals surface area (Å²) in [7, 11) is 2.16. The second kappa shape index (κ2) is 7.61. The summed E-state index contributed by atoms with van der Waals surface area (Å²) in [5.74, 6) is 0.904.